The van der Waals surface area contributed by atoms with Gasteiger partial charge in [-0.2, -0.15) is 18.4 Å². The molecule has 0 saturated heterocycles. The molecule has 9 aromatic carbocycles. The maximum absolute atomic E-state index is 14.8. The van der Waals surface area contributed by atoms with Gasteiger partial charge in [0, 0.05) is 38.6 Å². The average Bonchev–Trinajstić information content (AvgIpc) is 3.73. The molecule has 0 atom stereocenters. The summed E-state index contributed by atoms with van der Waals surface area (Å²) in [4.78, 5) is 13.9. The number of hydrogen-bond donors (Lipinski definition) is 0. The number of aryl methyl sites for hydroxylation is 1. The summed E-state index contributed by atoms with van der Waals surface area (Å²) in [6.07, 6.45) is -4.61. The molecule has 5 nitrogen and oxygen atoms in total. The van der Waals surface area contributed by atoms with Gasteiger partial charge in [-0.3, -0.25) is 0 Å². The van der Waals surface area contributed by atoms with Crippen LogP contribution in [-0.4, -0.2) is 14.5 Å². The maximum atomic E-state index is 14.8. The summed E-state index contributed by atoms with van der Waals surface area (Å²) in [6, 6.07) is 68.9. The van der Waals surface area contributed by atoms with Crippen molar-refractivity contribution in [1.82, 2.24) is 14.5 Å². The monoisotopic (exact) mass is 909 g/mol. The van der Waals surface area contributed by atoms with E-state index in [1.807, 2.05) is 146 Å². The Morgan fingerprint density at radius 1 is 0.486 bits per heavy atom. The van der Waals surface area contributed by atoms with Gasteiger partial charge in [0.05, 0.1) is 51.9 Å². The lowest BCUT2D eigenvalue weighted by molar-refractivity contribution is -0.137. The van der Waals surface area contributed by atoms with Gasteiger partial charge < -0.3 is 4.57 Å². The smallest absolute Gasteiger partial charge is 0.308 e. The number of alkyl halides is 3. The van der Waals surface area contributed by atoms with Crippen molar-refractivity contribution < 1.29 is 13.2 Å². The minimum Gasteiger partial charge on any atom is -0.308 e. The molecule has 0 aliphatic carbocycles. The second kappa shape index (κ2) is 17.7. The normalized spacial score (nSPS) is 11.4. The molecule has 8 heteroatoms. The Kier molecular flexibility index (Phi) is 10.9. The Bertz CT molecular complexity index is 3740. The summed E-state index contributed by atoms with van der Waals surface area (Å²) >= 11 is 0. The van der Waals surface area contributed by atoms with E-state index in [-0.39, 0.29) is 0 Å². The number of aromatic nitrogens is 3. The van der Waals surface area contributed by atoms with Gasteiger partial charge in [-0.1, -0.05) is 145 Å². The van der Waals surface area contributed by atoms with Gasteiger partial charge in [0.1, 0.15) is 0 Å². The Labute approximate surface area is 402 Å². The van der Waals surface area contributed by atoms with Crippen molar-refractivity contribution in [2.24, 2.45) is 0 Å². The van der Waals surface area contributed by atoms with E-state index in [9.17, 15) is 18.4 Å². The van der Waals surface area contributed by atoms with Crippen LogP contribution in [0.5, 0.6) is 0 Å². The van der Waals surface area contributed by atoms with Crippen LogP contribution in [0.25, 0.3) is 111 Å². The van der Waals surface area contributed by atoms with Crippen LogP contribution in [0.2, 0.25) is 0 Å². The zero-order chi connectivity index (χ0) is 47.9. The van der Waals surface area contributed by atoms with Gasteiger partial charge in [0.2, 0.25) is 0 Å². The van der Waals surface area contributed by atoms with E-state index < -0.39 is 11.7 Å². The van der Waals surface area contributed by atoms with Gasteiger partial charge in [0.25, 0.3) is 0 Å². The van der Waals surface area contributed by atoms with Gasteiger partial charge in [-0.05, 0) is 113 Å². The van der Waals surface area contributed by atoms with Crippen molar-refractivity contribution in [3.8, 4) is 90.2 Å². The lowest BCUT2D eigenvalue weighted by Crippen LogP contribution is -2.06. The van der Waals surface area contributed by atoms with E-state index >= 15 is 0 Å². The second-order valence-corrected chi connectivity index (χ2v) is 17.2. The number of nitrogens with zero attached hydrogens (tertiary/aromatic N) is 5. The second-order valence-electron chi connectivity index (χ2n) is 17.2. The molecule has 0 aliphatic rings. The zero-order valence-electron chi connectivity index (χ0n) is 37.6. The van der Waals surface area contributed by atoms with E-state index in [0.29, 0.717) is 50.8 Å². The van der Waals surface area contributed by atoms with E-state index in [4.69, 9.17) is 16.5 Å². The van der Waals surface area contributed by atoms with Crippen molar-refractivity contribution in [2.75, 3.05) is 0 Å². The highest BCUT2D eigenvalue weighted by Crippen LogP contribution is 2.46. The molecule has 0 amide bonds. The quantitative estimate of drug-likeness (QED) is 0.143. The minimum absolute atomic E-state index is 0.369. The Morgan fingerprint density at radius 3 is 1.63 bits per heavy atom. The maximum Gasteiger partial charge on any atom is 0.416 e. The lowest BCUT2D eigenvalue weighted by atomic mass is 9.90. The zero-order valence-corrected chi connectivity index (χ0v) is 37.6. The highest BCUT2D eigenvalue weighted by Gasteiger charge is 2.31. The first-order valence-corrected chi connectivity index (χ1v) is 22.6. The van der Waals surface area contributed by atoms with Crippen molar-refractivity contribution in [1.29, 1.82) is 5.26 Å². The third-order valence-corrected chi connectivity index (χ3v) is 12.7. The van der Waals surface area contributed by atoms with Crippen molar-refractivity contribution >= 4 is 27.5 Å². The van der Waals surface area contributed by atoms with Crippen LogP contribution >= 0.6 is 0 Å². The van der Waals surface area contributed by atoms with Gasteiger partial charge in [-0.25, -0.2) is 14.8 Å². The molecule has 0 unspecified atom stereocenters. The molecule has 0 aliphatic heterocycles. The number of rotatable bonds is 8. The number of benzene rings is 9. The van der Waals surface area contributed by atoms with Gasteiger partial charge >= 0.3 is 6.18 Å². The topological polar surface area (TPSA) is 58.9 Å². The number of nitriles is 1. The van der Waals surface area contributed by atoms with Crippen molar-refractivity contribution in [3.05, 3.63) is 240 Å². The highest BCUT2D eigenvalue weighted by atomic mass is 19.4. The summed E-state index contributed by atoms with van der Waals surface area (Å²) in [6.45, 7) is 9.74. The molecule has 0 N–H and O–H groups in total. The van der Waals surface area contributed by atoms with Crippen LogP contribution in [0.3, 0.4) is 0 Å². The standard InChI is InChI=1S/C62H38F3N5/c1-39-13-9-21-47(29-39)52-35-49(57-37-56(41-15-5-3-6-16-41)68-61(69-57)42-17-7-4-8-18-42)36-53(48-22-11-23-50(31-48)62(63,64)65)60(52)70-58-27-25-45(43-19-10-14-40(30-43)38-66)33-54(58)55-34-46(26-28-59(55)70)44-20-12-24-51(32-44)67-2/h3-37H,1H3. The predicted molar refractivity (Wildman–Crippen MR) is 275 cm³/mol. The molecule has 2 heterocycles. The van der Waals surface area contributed by atoms with E-state index in [1.54, 1.807) is 18.2 Å². The van der Waals surface area contributed by atoms with Crippen molar-refractivity contribution in [3.63, 3.8) is 0 Å². The van der Waals surface area contributed by atoms with Crippen LogP contribution in [0.1, 0.15) is 16.7 Å². The molecule has 2 aromatic heterocycles. The third-order valence-electron chi connectivity index (χ3n) is 12.7. The summed E-state index contributed by atoms with van der Waals surface area (Å²) in [5, 5.41) is 11.6. The number of fused-ring (bicyclic) bond motifs is 3. The highest BCUT2D eigenvalue weighted by molar-refractivity contribution is 6.13. The molecule has 0 fully saturated rings. The Balaban J connectivity index is 1.27. The first-order valence-electron chi connectivity index (χ1n) is 22.6. The molecule has 0 radical (unpaired) electrons. The van der Waals surface area contributed by atoms with Crippen LogP contribution in [0.15, 0.2) is 212 Å². The molecular formula is C62H38F3N5. The molecule has 11 rings (SSSR count). The molecule has 0 spiro atoms. The van der Waals surface area contributed by atoms with E-state index in [1.165, 1.54) is 12.1 Å². The van der Waals surface area contributed by atoms with Gasteiger partial charge in [0.15, 0.2) is 11.5 Å². The Morgan fingerprint density at radius 2 is 1.01 bits per heavy atom. The fourth-order valence-corrected chi connectivity index (χ4v) is 9.35. The largest absolute Gasteiger partial charge is 0.416 e. The first-order chi connectivity index (χ1) is 34.1. The molecular weight excluding hydrogens is 872 g/mol. The summed E-state index contributed by atoms with van der Waals surface area (Å²) in [7, 11) is 0. The Hall–Kier alpha value is -9.37. The molecule has 0 bridgehead atoms. The van der Waals surface area contributed by atoms with E-state index in [2.05, 4.69) is 51.9 Å². The third kappa shape index (κ3) is 8.14. The fraction of sp³-hybridized carbons (Fsp3) is 0.0323. The van der Waals surface area contributed by atoms with Crippen molar-refractivity contribution in [2.45, 2.75) is 13.1 Å². The lowest BCUT2D eigenvalue weighted by Gasteiger charge is -2.22. The number of halogens is 3. The van der Waals surface area contributed by atoms with Crippen LogP contribution in [-0.2, 0) is 6.18 Å². The molecule has 70 heavy (non-hydrogen) atoms. The summed E-state index contributed by atoms with van der Waals surface area (Å²) in [5.74, 6) is 0.509. The first kappa shape index (κ1) is 43.2. The predicted octanol–water partition coefficient (Wildman–Crippen LogP) is 17.0. The van der Waals surface area contributed by atoms with Crippen LogP contribution in [0.4, 0.5) is 18.9 Å². The van der Waals surface area contributed by atoms with Crippen LogP contribution in [0, 0.1) is 24.8 Å². The van der Waals surface area contributed by atoms with Crippen LogP contribution < -0.4 is 0 Å². The summed E-state index contributed by atoms with van der Waals surface area (Å²) in [5.41, 5.74) is 13.4. The summed E-state index contributed by atoms with van der Waals surface area (Å²) < 4.78 is 46.6. The molecule has 332 valence electrons. The fourth-order valence-electron chi connectivity index (χ4n) is 9.35. The number of hydrogen-bond acceptors (Lipinski definition) is 3. The van der Waals surface area contributed by atoms with Gasteiger partial charge in [-0.15, -0.1) is 0 Å². The SMILES string of the molecule is [C-]#[N+]c1cccc(-c2ccc3c(c2)c2cc(-c4cccc(C#N)c4)ccc2n3-c2c(-c3cccc(C)c3)cc(-c3cc(-c4ccccc4)nc(-c4ccccc4)n3)cc2-c2cccc(C(F)(F)F)c2)c1. The minimum atomic E-state index is -4.61. The van der Waals surface area contributed by atoms with E-state index in [0.717, 1.165) is 77.9 Å². The average molecular weight is 910 g/mol. The molecule has 11 aromatic rings. The molecule has 0 saturated carbocycles.